The average Bonchev–Trinajstić information content (AvgIpc) is 3.83. The number of carbonyl (C=O) groups excluding carboxylic acids is 8. The van der Waals surface area contributed by atoms with Gasteiger partial charge >= 0.3 is 77.1 Å². The number of nitrogens with one attached hydrogen (secondary N) is 3. The fourth-order valence-electron chi connectivity index (χ4n) is 7.73. The zero-order valence-corrected chi connectivity index (χ0v) is 50.7. The third kappa shape index (κ3) is 16.2. The third-order valence-corrected chi connectivity index (χ3v) is 16.2. The van der Waals surface area contributed by atoms with Crippen molar-refractivity contribution < 1.29 is 156 Å². The second kappa shape index (κ2) is 29.9. The number of halogens is 1. The van der Waals surface area contributed by atoms with Gasteiger partial charge in [-0.05, 0) is 35.8 Å². The van der Waals surface area contributed by atoms with Crippen molar-refractivity contribution in [1.82, 2.24) is 35.0 Å². The summed E-state index contributed by atoms with van der Waals surface area (Å²) < 4.78 is 37.9. The molecule has 1 aromatic heterocycles. The van der Waals surface area contributed by atoms with Crippen molar-refractivity contribution in [2.45, 2.75) is 53.9 Å². The molecule has 0 bridgehead atoms. The molecule has 3 saturated heterocycles. The molecular formula is C43H45ClN12Na2O20S4. The summed E-state index contributed by atoms with van der Waals surface area (Å²) in [5.74, 6) is -7.71. The number of anilines is 1. The number of hydrogen-bond acceptors (Lipinski definition) is 25. The first-order valence-corrected chi connectivity index (χ1v) is 26.9. The van der Waals surface area contributed by atoms with E-state index in [0.717, 1.165) is 16.2 Å². The predicted octanol–water partition coefficient (Wildman–Crippen LogP) is -10.6. The minimum atomic E-state index is -5.28. The van der Waals surface area contributed by atoms with Crippen molar-refractivity contribution in [2.75, 3.05) is 30.5 Å². The van der Waals surface area contributed by atoms with Crippen molar-refractivity contribution in [1.29, 1.82) is 0 Å². The number of nitrogens with two attached hydrogens (primary N) is 4. The monoisotopic (exact) mass is 1260 g/mol. The number of carboxylic acid groups (broad SMARTS) is 3. The van der Waals surface area contributed by atoms with Crippen LogP contribution in [0.3, 0.4) is 0 Å². The fraction of sp³-hybridized carbons (Fsp3) is 0.302. The summed E-state index contributed by atoms with van der Waals surface area (Å²) in [6, 6.07) is 7.96. The standard InChI is InChI=1S/C16H17N3O5S.C15H14ClN3O4S.C12H14N6O10S2.2Na.H2O/c1-7-6-25-15-11(14(22)19(15)12(7)16(23)24)18-13(21)10(17)8-2-4-9(20)5-3-8;16-8-6-24-14-10(13(21)19(14)11(8)15(22)23)18-12(20)9(17)7-4-2-1-3-5-7;13-11-15-4(3-29-11)7(17-28-2-6(19)20)9(21)16-8-5(1-27-12(14)23)18(10(8)22)30(24,25)26;;;/h2-5,10-11,15,20H,6,17H2,1H3,(H,18,21)(H,23,24);1-5,9-10,14H,6,17H2,(H,18,20)(H,22,23);3,5,8H,1-2H2,(H2,13,15)(H2,14,23)(H,16,21)(H,19,20)(H,24,25,26);;;1H2/q;;;2*+1;/p-2/b;;17-7-;;;/t10-,11-,15-;9-,10-,14-;5-,8+;;;/m111.../s1. The Bertz CT molecular complexity index is 3200. The van der Waals surface area contributed by atoms with Crippen LogP contribution in [0.15, 0.2) is 87.1 Å². The molecule has 39 heteroatoms. The molecule has 6 heterocycles. The quantitative estimate of drug-likeness (QED) is 0.0197. The Morgan fingerprint density at radius 2 is 1.34 bits per heavy atom. The Morgan fingerprint density at radius 1 is 0.829 bits per heavy atom. The van der Waals surface area contributed by atoms with Crippen LogP contribution in [0.2, 0.25) is 0 Å². The third-order valence-electron chi connectivity index (χ3n) is 11.5. The molecule has 5 aliphatic heterocycles. The van der Waals surface area contributed by atoms with Gasteiger partial charge in [-0.15, -0.1) is 34.9 Å². The van der Waals surface area contributed by atoms with E-state index in [9.17, 15) is 81.3 Å². The molecule has 16 N–H and O–H groups in total. The Hall–Kier alpha value is -6.10. The van der Waals surface area contributed by atoms with E-state index in [2.05, 4.69) is 35.7 Å². The number of oxime groups is 1. The second-order valence-corrected chi connectivity index (χ2v) is 21.4. The van der Waals surface area contributed by atoms with E-state index in [1.54, 1.807) is 31.2 Å². The number of fused-ring (bicyclic) bond motifs is 2. The molecule has 0 aliphatic carbocycles. The van der Waals surface area contributed by atoms with E-state index in [-0.39, 0.29) is 108 Å². The number of aliphatic carboxylic acids is 3. The number of rotatable bonds is 17. The molecule has 8 atom stereocenters. The van der Waals surface area contributed by atoms with Crippen LogP contribution in [0.4, 0.5) is 9.93 Å². The molecule has 7 amide bonds. The van der Waals surface area contributed by atoms with Crippen molar-refractivity contribution in [3.63, 3.8) is 0 Å². The number of benzene rings is 2. The molecule has 3 aromatic rings. The second-order valence-electron chi connectivity index (χ2n) is 16.6. The minimum absolute atomic E-state index is 0. The maximum atomic E-state index is 12.5. The Labute approximate surface area is 524 Å². The van der Waals surface area contributed by atoms with Crippen LogP contribution in [-0.4, -0.2) is 178 Å². The minimum Gasteiger partial charge on any atom is -0.731 e. The van der Waals surface area contributed by atoms with Crippen LogP contribution in [0.1, 0.15) is 35.8 Å². The van der Waals surface area contributed by atoms with E-state index in [1.165, 1.54) is 58.1 Å². The van der Waals surface area contributed by atoms with Crippen LogP contribution >= 0.6 is 46.5 Å². The number of hydrogen-bond donors (Lipinski definition) is 10. The first kappa shape index (κ1) is 70.2. The molecule has 3 fully saturated rings. The number of amides is 7. The number of thiazole rings is 1. The summed E-state index contributed by atoms with van der Waals surface area (Å²) in [6.07, 6.45) is -1.32. The number of carbonyl (C=O) groups is 10. The van der Waals surface area contributed by atoms with Crippen molar-refractivity contribution in [3.8, 4) is 5.75 Å². The number of nitrogens with zero attached hydrogens (tertiary/aromatic N) is 5. The van der Waals surface area contributed by atoms with Gasteiger partial charge in [0.15, 0.2) is 27.8 Å². The number of carboxylic acids is 3. The number of phenolic OH excluding ortho intramolecular Hbond substituents is 1. The van der Waals surface area contributed by atoms with Gasteiger partial charge in [-0.25, -0.2) is 32.1 Å². The smallest absolute Gasteiger partial charge is 0.731 e. The molecule has 430 valence electrons. The maximum Gasteiger partial charge on any atom is 1.00 e. The van der Waals surface area contributed by atoms with Gasteiger partial charge in [0, 0.05) is 16.9 Å². The fourth-order valence-corrected chi connectivity index (χ4v) is 12.0. The zero-order chi connectivity index (χ0) is 58.4. The van der Waals surface area contributed by atoms with Gasteiger partial charge in [0.2, 0.25) is 11.8 Å². The van der Waals surface area contributed by atoms with Gasteiger partial charge in [0.25, 0.3) is 23.6 Å². The van der Waals surface area contributed by atoms with Crippen LogP contribution in [0.5, 0.6) is 5.75 Å². The summed E-state index contributed by atoms with van der Waals surface area (Å²) in [5.41, 5.74) is 22.8. The summed E-state index contributed by atoms with van der Waals surface area (Å²) in [5, 5.41) is 49.3. The van der Waals surface area contributed by atoms with E-state index in [4.69, 9.17) is 34.5 Å². The number of aromatic nitrogens is 1. The predicted molar refractivity (Wildman–Crippen MR) is 275 cm³/mol. The zero-order valence-electron chi connectivity index (χ0n) is 42.7. The van der Waals surface area contributed by atoms with Gasteiger partial charge < -0.3 is 83.7 Å². The molecule has 2 aromatic carbocycles. The Morgan fingerprint density at radius 3 is 1.82 bits per heavy atom. The molecule has 32 nitrogen and oxygen atoms in total. The first-order valence-electron chi connectivity index (χ1n) is 22.2. The number of ether oxygens (including phenoxy) is 1. The molecule has 8 rings (SSSR count). The summed E-state index contributed by atoms with van der Waals surface area (Å²) in [4.78, 5) is 128. The molecule has 0 unspecified atom stereocenters. The number of nitrogen functional groups attached to an aromatic ring is 1. The summed E-state index contributed by atoms with van der Waals surface area (Å²) >= 11 is 9.50. The number of thioether (sulfide) groups is 2. The number of β-lactam (4-membered cyclic amide) rings is 3. The van der Waals surface area contributed by atoms with Crippen LogP contribution in [0.25, 0.3) is 0 Å². The number of aromatic hydroxyl groups is 1. The molecular weight excluding hydrogens is 1210 g/mol. The van der Waals surface area contributed by atoms with E-state index < -0.39 is 136 Å². The van der Waals surface area contributed by atoms with Crippen molar-refractivity contribution in [2.24, 2.45) is 22.4 Å². The van der Waals surface area contributed by atoms with Crippen molar-refractivity contribution in [3.05, 3.63) is 98.8 Å². The molecule has 0 saturated carbocycles. The van der Waals surface area contributed by atoms with E-state index in [1.807, 2.05) is 6.07 Å². The van der Waals surface area contributed by atoms with Gasteiger partial charge in [-0.1, -0.05) is 59.2 Å². The Balaban J connectivity index is 0.000000319. The SMILES string of the molecule is CC1=C(C(=O)O)N2C(=O)[C@@H](NC(=O)[C@H](N)c3ccc(O)cc3)[C@H]2SC1.NC(=O)OC[C@@H]1[C@H](NC(=O)/C(=N\OCC(=O)[O-])c2csc(N)n2)C(=O)N1S(=O)(=O)[O-].N[C@@H](C(=O)N[C@@H]1C(=O)N2C(C(=O)O)=C(Cl)CS[C@H]12)c1ccccc1.O.[Na+].[Na+]. The molecule has 5 aliphatic rings. The van der Waals surface area contributed by atoms with E-state index in [0.29, 0.717) is 22.5 Å². The van der Waals surface area contributed by atoms with Crippen LogP contribution in [0, 0.1) is 0 Å². The van der Waals surface area contributed by atoms with Gasteiger partial charge in [-0.2, -0.15) is 0 Å². The molecule has 0 radical (unpaired) electrons. The number of primary amides is 1. The summed E-state index contributed by atoms with van der Waals surface area (Å²) in [7, 11) is -5.28. The van der Waals surface area contributed by atoms with Crippen LogP contribution in [-0.2, 0) is 63.0 Å². The normalized spacial score (nSPS) is 21.2. The molecule has 82 heavy (non-hydrogen) atoms. The van der Waals surface area contributed by atoms with Gasteiger partial charge in [0.05, 0.1) is 11.0 Å². The molecule has 0 spiro atoms. The van der Waals surface area contributed by atoms with Gasteiger partial charge in [-0.3, -0.25) is 38.6 Å². The van der Waals surface area contributed by atoms with Gasteiger partial charge in [0.1, 0.15) is 76.4 Å². The number of phenols is 1. The van der Waals surface area contributed by atoms with Crippen LogP contribution < -0.4 is 103 Å². The van der Waals surface area contributed by atoms with E-state index >= 15 is 0 Å². The van der Waals surface area contributed by atoms with Crippen molar-refractivity contribution >= 4 is 127 Å². The summed E-state index contributed by atoms with van der Waals surface area (Å²) in [6.45, 7) is -0.159. The first-order chi connectivity index (χ1) is 37.1. The topological polar surface area (TPSA) is 537 Å². The maximum absolute atomic E-state index is 12.5. The largest absolute Gasteiger partial charge is 1.00 e. The Kier molecular flexibility index (Phi) is 25.6. The average molecular weight is 1260 g/mol.